The van der Waals surface area contributed by atoms with Crippen molar-refractivity contribution in [3.63, 3.8) is 0 Å². The molecule has 0 saturated carbocycles. The van der Waals surface area contributed by atoms with Crippen LogP contribution in [0.2, 0.25) is 0 Å². The highest BCUT2D eigenvalue weighted by atomic mass is 19.1. The lowest BCUT2D eigenvalue weighted by molar-refractivity contribution is 0.234. The first-order valence-electron chi connectivity index (χ1n) is 4.56. The summed E-state index contributed by atoms with van der Waals surface area (Å²) in [5, 5.41) is 8.42. The fourth-order valence-electron chi connectivity index (χ4n) is 1.07. The predicted octanol–water partition coefficient (Wildman–Crippen LogP) is 2.68. The van der Waals surface area contributed by atoms with E-state index in [1.807, 2.05) is 0 Å². The highest BCUT2D eigenvalue weighted by Crippen LogP contribution is 2.11. The highest BCUT2D eigenvalue weighted by molar-refractivity contribution is 4.55. The van der Waals surface area contributed by atoms with Crippen LogP contribution in [-0.2, 0) is 0 Å². The molecule has 0 spiro atoms. The molecule has 0 aliphatic carbocycles. The fourth-order valence-corrected chi connectivity index (χ4v) is 1.07. The molecule has 1 N–H and O–H groups in total. The Balaban J connectivity index is 3.02. The first-order chi connectivity index (χ1) is 5.31. The van der Waals surface area contributed by atoms with E-state index in [2.05, 4.69) is 6.92 Å². The Morgan fingerprint density at radius 3 is 2.36 bits per heavy atom. The van der Waals surface area contributed by atoms with Crippen molar-refractivity contribution in [1.29, 1.82) is 0 Å². The van der Waals surface area contributed by atoms with Crippen molar-refractivity contribution in [1.82, 2.24) is 0 Å². The normalized spacial score (nSPS) is 13.4. The zero-order chi connectivity index (χ0) is 8.53. The van der Waals surface area contributed by atoms with Gasteiger partial charge in [-0.2, -0.15) is 0 Å². The lowest BCUT2D eigenvalue weighted by Crippen LogP contribution is -2.00. The number of aliphatic hydroxyl groups is 1. The van der Waals surface area contributed by atoms with Crippen LogP contribution >= 0.6 is 0 Å². The monoisotopic (exact) mass is 162 g/mol. The second-order valence-corrected chi connectivity index (χ2v) is 2.96. The molecular formula is C9H19FO. The molecule has 0 amide bonds. The summed E-state index contributed by atoms with van der Waals surface area (Å²) in [6, 6.07) is 0. The molecule has 11 heavy (non-hydrogen) atoms. The molecule has 0 rings (SSSR count). The average Bonchev–Trinajstić information content (AvgIpc) is 2.01. The summed E-state index contributed by atoms with van der Waals surface area (Å²) in [7, 11) is 0. The molecule has 68 valence electrons. The number of alkyl halides is 1. The van der Waals surface area contributed by atoms with E-state index in [0.717, 1.165) is 19.3 Å². The van der Waals surface area contributed by atoms with E-state index >= 15 is 0 Å². The van der Waals surface area contributed by atoms with E-state index < -0.39 is 6.17 Å². The van der Waals surface area contributed by atoms with Crippen molar-refractivity contribution in [3.05, 3.63) is 0 Å². The van der Waals surface area contributed by atoms with E-state index in [1.54, 1.807) is 0 Å². The number of rotatable bonds is 7. The van der Waals surface area contributed by atoms with Crippen LogP contribution in [0.1, 0.15) is 45.4 Å². The van der Waals surface area contributed by atoms with Crippen molar-refractivity contribution in [2.45, 2.75) is 51.6 Å². The standard InChI is InChI=1S/C9H19FO/c1-2-3-4-6-9(10)7-5-8-11/h9,11H,2-8H2,1H3. The maximum atomic E-state index is 12.8. The number of unbranched alkanes of at least 4 members (excludes halogenated alkanes) is 2. The van der Waals surface area contributed by atoms with Crippen molar-refractivity contribution in [2.24, 2.45) is 0 Å². The largest absolute Gasteiger partial charge is 0.396 e. The Labute approximate surface area is 68.6 Å². The van der Waals surface area contributed by atoms with Crippen LogP contribution < -0.4 is 0 Å². The van der Waals surface area contributed by atoms with Crippen molar-refractivity contribution in [3.8, 4) is 0 Å². The van der Waals surface area contributed by atoms with Crippen LogP contribution in [-0.4, -0.2) is 17.9 Å². The Kier molecular flexibility index (Phi) is 7.91. The average molecular weight is 162 g/mol. The highest BCUT2D eigenvalue weighted by Gasteiger charge is 2.04. The molecule has 0 aromatic heterocycles. The first-order valence-corrected chi connectivity index (χ1v) is 4.56. The van der Waals surface area contributed by atoms with Gasteiger partial charge in [0.1, 0.15) is 6.17 Å². The molecule has 0 aliphatic heterocycles. The Bertz CT molecular complexity index is 76.0. The first kappa shape index (κ1) is 10.9. The number of aliphatic hydroxyl groups excluding tert-OH is 1. The molecule has 1 nitrogen and oxygen atoms in total. The van der Waals surface area contributed by atoms with Gasteiger partial charge in [-0.05, 0) is 19.3 Å². The van der Waals surface area contributed by atoms with Crippen molar-refractivity contribution in [2.75, 3.05) is 6.61 Å². The lowest BCUT2D eigenvalue weighted by atomic mass is 10.1. The van der Waals surface area contributed by atoms with E-state index in [-0.39, 0.29) is 6.61 Å². The molecule has 0 aliphatic rings. The van der Waals surface area contributed by atoms with Crippen molar-refractivity contribution >= 4 is 0 Å². The molecule has 2 heteroatoms. The smallest absolute Gasteiger partial charge is 0.100 e. The maximum absolute atomic E-state index is 12.8. The second kappa shape index (κ2) is 7.99. The number of halogens is 1. The maximum Gasteiger partial charge on any atom is 0.100 e. The van der Waals surface area contributed by atoms with E-state index in [1.165, 1.54) is 0 Å². The molecule has 1 atom stereocenters. The third kappa shape index (κ3) is 7.79. The van der Waals surface area contributed by atoms with Crippen LogP contribution in [0.25, 0.3) is 0 Å². The topological polar surface area (TPSA) is 20.2 Å². The van der Waals surface area contributed by atoms with Crippen LogP contribution in [0, 0.1) is 0 Å². The number of hydrogen-bond acceptors (Lipinski definition) is 1. The minimum absolute atomic E-state index is 0.119. The molecule has 0 radical (unpaired) electrons. The number of hydrogen-bond donors (Lipinski definition) is 1. The van der Waals surface area contributed by atoms with Gasteiger partial charge in [0, 0.05) is 6.61 Å². The molecular weight excluding hydrogens is 143 g/mol. The summed E-state index contributed by atoms with van der Waals surface area (Å²) < 4.78 is 12.8. The quantitative estimate of drug-likeness (QED) is 0.571. The Morgan fingerprint density at radius 1 is 1.18 bits per heavy atom. The molecule has 0 fully saturated rings. The van der Waals surface area contributed by atoms with Gasteiger partial charge in [0.15, 0.2) is 0 Å². The minimum atomic E-state index is -0.686. The molecule has 0 saturated heterocycles. The predicted molar refractivity (Wildman–Crippen MR) is 45.4 cm³/mol. The molecule has 0 heterocycles. The van der Waals surface area contributed by atoms with Gasteiger partial charge in [0.05, 0.1) is 0 Å². The van der Waals surface area contributed by atoms with Crippen LogP contribution in [0.5, 0.6) is 0 Å². The summed E-state index contributed by atoms with van der Waals surface area (Å²) >= 11 is 0. The Morgan fingerprint density at radius 2 is 1.82 bits per heavy atom. The third-order valence-corrected chi connectivity index (χ3v) is 1.80. The molecule has 1 unspecified atom stereocenters. The second-order valence-electron chi connectivity index (χ2n) is 2.96. The van der Waals surface area contributed by atoms with Gasteiger partial charge in [-0.15, -0.1) is 0 Å². The van der Waals surface area contributed by atoms with Crippen LogP contribution in [0.15, 0.2) is 0 Å². The summed E-state index contributed by atoms with van der Waals surface area (Å²) in [5.74, 6) is 0. The van der Waals surface area contributed by atoms with Gasteiger partial charge >= 0.3 is 0 Å². The minimum Gasteiger partial charge on any atom is -0.396 e. The van der Waals surface area contributed by atoms with Gasteiger partial charge < -0.3 is 5.11 Å². The summed E-state index contributed by atoms with van der Waals surface area (Å²) in [6.45, 7) is 2.23. The van der Waals surface area contributed by atoms with Crippen LogP contribution in [0.4, 0.5) is 4.39 Å². The lowest BCUT2D eigenvalue weighted by Gasteiger charge is -2.05. The van der Waals surface area contributed by atoms with Gasteiger partial charge in [-0.25, -0.2) is 4.39 Å². The van der Waals surface area contributed by atoms with Crippen LogP contribution in [0.3, 0.4) is 0 Å². The Hall–Kier alpha value is -0.110. The van der Waals surface area contributed by atoms with E-state index in [4.69, 9.17) is 5.11 Å². The fraction of sp³-hybridized carbons (Fsp3) is 1.00. The van der Waals surface area contributed by atoms with Gasteiger partial charge in [0.25, 0.3) is 0 Å². The van der Waals surface area contributed by atoms with Gasteiger partial charge in [0.2, 0.25) is 0 Å². The molecule has 0 bridgehead atoms. The summed E-state index contributed by atoms with van der Waals surface area (Å²) in [4.78, 5) is 0. The zero-order valence-corrected chi connectivity index (χ0v) is 7.35. The van der Waals surface area contributed by atoms with Gasteiger partial charge in [-0.1, -0.05) is 26.2 Å². The summed E-state index contributed by atoms with van der Waals surface area (Å²) in [6.07, 6.45) is 4.38. The summed E-state index contributed by atoms with van der Waals surface area (Å²) in [5.41, 5.74) is 0. The van der Waals surface area contributed by atoms with E-state index in [0.29, 0.717) is 19.3 Å². The third-order valence-electron chi connectivity index (χ3n) is 1.80. The van der Waals surface area contributed by atoms with Crippen molar-refractivity contribution < 1.29 is 9.50 Å². The van der Waals surface area contributed by atoms with Gasteiger partial charge in [-0.3, -0.25) is 0 Å². The SMILES string of the molecule is CCCCCC(F)CCCO. The van der Waals surface area contributed by atoms with E-state index in [9.17, 15) is 4.39 Å². The molecule has 0 aromatic carbocycles. The zero-order valence-electron chi connectivity index (χ0n) is 7.35. The molecule has 0 aromatic rings.